The fourth-order valence-corrected chi connectivity index (χ4v) is 2.00. The summed E-state index contributed by atoms with van der Waals surface area (Å²) >= 11 is 0. The van der Waals surface area contributed by atoms with Crippen LogP contribution < -0.4 is 15.4 Å². The van der Waals surface area contributed by atoms with Crippen molar-refractivity contribution in [3.63, 3.8) is 0 Å². The number of carbonyl (C=O) groups excluding carboxylic acids is 2. The van der Waals surface area contributed by atoms with E-state index in [1.54, 1.807) is 18.2 Å². The maximum Gasteiger partial charge on any atom is 0.233 e. The van der Waals surface area contributed by atoms with Gasteiger partial charge in [0, 0.05) is 6.54 Å². The largest absolute Gasteiger partial charge is 0.455 e. The molecule has 5 nitrogen and oxygen atoms in total. The van der Waals surface area contributed by atoms with E-state index in [0.29, 0.717) is 29.6 Å². The van der Waals surface area contributed by atoms with Crippen LogP contribution in [0.2, 0.25) is 0 Å². The lowest BCUT2D eigenvalue weighted by Gasteiger charge is -2.12. The van der Waals surface area contributed by atoms with Crippen molar-refractivity contribution < 1.29 is 14.3 Å². The molecule has 0 saturated carbocycles. The molecule has 2 rings (SSSR count). The molecule has 24 heavy (non-hydrogen) atoms. The van der Waals surface area contributed by atoms with E-state index < -0.39 is 0 Å². The van der Waals surface area contributed by atoms with Crippen molar-refractivity contribution >= 4 is 17.5 Å². The molecule has 0 saturated heterocycles. The number of hydrogen-bond acceptors (Lipinski definition) is 3. The van der Waals surface area contributed by atoms with Crippen LogP contribution in [0.1, 0.15) is 20.3 Å². The van der Waals surface area contributed by atoms with E-state index in [1.807, 2.05) is 50.2 Å². The predicted molar refractivity (Wildman–Crippen MR) is 94.1 cm³/mol. The minimum absolute atomic E-state index is 0.216. The first-order chi connectivity index (χ1) is 11.5. The molecule has 0 spiro atoms. The Morgan fingerprint density at radius 2 is 1.62 bits per heavy atom. The van der Waals surface area contributed by atoms with Crippen LogP contribution in [0.5, 0.6) is 11.5 Å². The lowest BCUT2D eigenvalue weighted by atomic mass is 10.2. The van der Waals surface area contributed by atoms with E-state index in [2.05, 4.69) is 10.6 Å². The quantitative estimate of drug-likeness (QED) is 0.764. The molecule has 0 aliphatic carbocycles. The van der Waals surface area contributed by atoms with Gasteiger partial charge in [-0.05, 0) is 30.2 Å². The molecule has 0 aliphatic heterocycles. The van der Waals surface area contributed by atoms with Gasteiger partial charge in [0.1, 0.15) is 12.2 Å². The maximum absolute atomic E-state index is 12.0. The van der Waals surface area contributed by atoms with Crippen LogP contribution in [0, 0.1) is 5.92 Å². The lowest BCUT2D eigenvalue weighted by molar-refractivity contribution is -0.126. The number of amides is 2. The molecule has 0 heterocycles. The number of nitrogens with one attached hydrogen (secondary N) is 2. The summed E-state index contributed by atoms with van der Waals surface area (Å²) in [6.45, 7) is 4.55. The van der Waals surface area contributed by atoms with Crippen LogP contribution in [-0.2, 0) is 9.59 Å². The Morgan fingerprint density at radius 1 is 0.958 bits per heavy atom. The van der Waals surface area contributed by atoms with Gasteiger partial charge in [0.25, 0.3) is 0 Å². The van der Waals surface area contributed by atoms with Gasteiger partial charge in [-0.25, -0.2) is 0 Å². The van der Waals surface area contributed by atoms with Crippen molar-refractivity contribution in [2.24, 2.45) is 5.92 Å². The molecular weight excluding hydrogens is 304 g/mol. The van der Waals surface area contributed by atoms with Gasteiger partial charge in [-0.3, -0.25) is 9.59 Å². The first kappa shape index (κ1) is 17.5. The Morgan fingerprint density at radius 3 is 2.33 bits per heavy atom. The van der Waals surface area contributed by atoms with Gasteiger partial charge in [-0.2, -0.15) is 0 Å². The molecule has 0 bridgehead atoms. The second-order valence-electron chi connectivity index (χ2n) is 5.83. The molecule has 2 amide bonds. The number of carbonyl (C=O) groups is 2. The summed E-state index contributed by atoms with van der Waals surface area (Å²) in [4.78, 5) is 23.8. The van der Waals surface area contributed by atoms with Gasteiger partial charge in [0.15, 0.2) is 5.75 Å². The Bertz CT molecular complexity index is 684. The van der Waals surface area contributed by atoms with Crippen molar-refractivity contribution in [2.45, 2.75) is 20.3 Å². The molecule has 0 unspecified atom stereocenters. The number of anilines is 1. The van der Waals surface area contributed by atoms with Crippen molar-refractivity contribution in [2.75, 3.05) is 11.9 Å². The fraction of sp³-hybridized carbons (Fsp3) is 0.263. The van der Waals surface area contributed by atoms with Gasteiger partial charge in [-0.15, -0.1) is 0 Å². The van der Waals surface area contributed by atoms with Crippen molar-refractivity contribution in [3.8, 4) is 11.5 Å². The molecular formula is C19H22N2O3. The first-order valence-corrected chi connectivity index (χ1v) is 7.93. The van der Waals surface area contributed by atoms with Gasteiger partial charge in [0.05, 0.1) is 5.69 Å². The van der Waals surface area contributed by atoms with E-state index in [1.165, 1.54) is 0 Å². The average Bonchev–Trinajstić information content (AvgIpc) is 2.55. The van der Waals surface area contributed by atoms with Gasteiger partial charge in [-0.1, -0.05) is 44.2 Å². The van der Waals surface area contributed by atoms with Crippen molar-refractivity contribution in [3.05, 3.63) is 54.6 Å². The van der Waals surface area contributed by atoms with Crippen LogP contribution >= 0.6 is 0 Å². The Kier molecular flexibility index (Phi) is 6.37. The third-order valence-corrected chi connectivity index (χ3v) is 3.16. The third kappa shape index (κ3) is 5.76. The van der Waals surface area contributed by atoms with Crippen LogP contribution in [0.4, 0.5) is 5.69 Å². The van der Waals surface area contributed by atoms with Gasteiger partial charge >= 0.3 is 0 Å². The zero-order valence-electron chi connectivity index (χ0n) is 13.9. The van der Waals surface area contributed by atoms with Crippen molar-refractivity contribution in [1.82, 2.24) is 5.32 Å². The number of hydrogen-bond donors (Lipinski definition) is 2. The van der Waals surface area contributed by atoms with Crippen LogP contribution in [0.3, 0.4) is 0 Å². The Labute approximate surface area is 142 Å². The van der Waals surface area contributed by atoms with Crippen LogP contribution in [0.25, 0.3) is 0 Å². The zero-order valence-corrected chi connectivity index (χ0v) is 13.9. The third-order valence-electron chi connectivity index (χ3n) is 3.16. The van der Waals surface area contributed by atoms with E-state index in [9.17, 15) is 9.59 Å². The first-order valence-electron chi connectivity index (χ1n) is 7.93. The minimum Gasteiger partial charge on any atom is -0.455 e. The van der Waals surface area contributed by atoms with E-state index in [4.69, 9.17) is 4.74 Å². The molecule has 5 heteroatoms. The molecule has 0 atom stereocenters. The Balaban J connectivity index is 1.97. The predicted octanol–water partition coefficient (Wildman–Crippen LogP) is 3.58. The maximum atomic E-state index is 12.0. The SMILES string of the molecule is CC(C)CNC(=O)CC(=O)Nc1ccccc1Oc1ccccc1. The van der Waals surface area contributed by atoms with Gasteiger partial charge < -0.3 is 15.4 Å². The topological polar surface area (TPSA) is 67.4 Å². The summed E-state index contributed by atoms with van der Waals surface area (Å²) < 4.78 is 5.78. The summed E-state index contributed by atoms with van der Waals surface area (Å²) in [5.74, 6) is 0.883. The molecule has 0 aromatic heterocycles. The highest BCUT2D eigenvalue weighted by atomic mass is 16.5. The Hall–Kier alpha value is -2.82. The zero-order chi connectivity index (χ0) is 17.4. The molecule has 0 aliphatic rings. The summed E-state index contributed by atoms with van der Waals surface area (Å²) in [7, 11) is 0. The van der Waals surface area contributed by atoms with Crippen molar-refractivity contribution in [1.29, 1.82) is 0 Å². The standard InChI is InChI=1S/C19H22N2O3/c1-14(2)13-20-18(22)12-19(23)21-16-10-6-7-11-17(16)24-15-8-4-3-5-9-15/h3-11,14H,12-13H2,1-2H3,(H,20,22)(H,21,23). The van der Waals surface area contributed by atoms with E-state index >= 15 is 0 Å². The highest BCUT2D eigenvalue weighted by molar-refractivity contribution is 6.04. The van der Waals surface area contributed by atoms with E-state index in [-0.39, 0.29) is 18.2 Å². The number of ether oxygens (including phenoxy) is 1. The summed E-state index contributed by atoms with van der Waals surface area (Å²) in [6, 6.07) is 16.4. The fourth-order valence-electron chi connectivity index (χ4n) is 2.00. The monoisotopic (exact) mass is 326 g/mol. The molecule has 0 fully saturated rings. The molecule has 126 valence electrons. The summed E-state index contributed by atoms with van der Waals surface area (Å²) in [5.41, 5.74) is 0.531. The minimum atomic E-state index is -0.375. The van der Waals surface area contributed by atoms with E-state index in [0.717, 1.165) is 0 Å². The van der Waals surface area contributed by atoms with Crippen LogP contribution in [0.15, 0.2) is 54.6 Å². The normalized spacial score (nSPS) is 10.3. The highest BCUT2D eigenvalue weighted by Crippen LogP contribution is 2.29. The highest BCUT2D eigenvalue weighted by Gasteiger charge is 2.12. The number of benzene rings is 2. The number of rotatable bonds is 7. The molecule has 0 radical (unpaired) electrons. The second kappa shape index (κ2) is 8.72. The molecule has 2 aromatic carbocycles. The average molecular weight is 326 g/mol. The molecule has 2 aromatic rings. The summed E-state index contributed by atoms with van der Waals surface area (Å²) in [6.07, 6.45) is -0.216. The van der Waals surface area contributed by atoms with Gasteiger partial charge in [0.2, 0.25) is 11.8 Å². The summed E-state index contributed by atoms with van der Waals surface area (Å²) in [5, 5.41) is 5.45. The second-order valence-corrected chi connectivity index (χ2v) is 5.83. The lowest BCUT2D eigenvalue weighted by Crippen LogP contribution is -2.30. The number of para-hydroxylation sites is 3. The van der Waals surface area contributed by atoms with Crippen LogP contribution in [-0.4, -0.2) is 18.4 Å². The smallest absolute Gasteiger partial charge is 0.233 e. The molecule has 2 N–H and O–H groups in total.